The number of hydrogen-bond donors (Lipinski definition) is 0. The van der Waals surface area contributed by atoms with E-state index in [1.807, 2.05) is 61.5 Å². The van der Waals surface area contributed by atoms with Crippen molar-refractivity contribution in [2.75, 3.05) is 0 Å². The number of hydrogen-bond acceptors (Lipinski definition) is 2. The van der Waals surface area contributed by atoms with Crippen LogP contribution in [0.4, 0.5) is 8.78 Å². The molecule has 4 rings (SSSR count). The normalized spacial score (nSPS) is 14.4. The maximum atomic E-state index is 14.7. The lowest BCUT2D eigenvalue weighted by Crippen LogP contribution is -2.18. The molecule has 0 amide bonds. The maximum absolute atomic E-state index is 14.7. The van der Waals surface area contributed by atoms with Gasteiger partial charge in [0.05, 0.1) is 0 Å². The Morgan fingerprint density at radius 2 is 1.59 bits per heavy atom. The van der Waals surface area contributed by atoms with Crippen LogP contribution >= 0.6 is 0 Å². The molecule has 4 heteroatoms. The van der Waals surface area contributed by atoms with Gasteiger partial charge in [0.15, 0.2) is 0 Å². The van der Waals surface area contributed by atoms with Crippen molar-refractivity contribution in [3.63, 3.8) is 0 Å². The molecule has 0 spiro atoms. The minimum absolute atomic E-state index is 0.173. The second-order valence-corrected chi connectivity index (χ2v) is 8.24. The van der Waals surface area contributed by atoms with E-state index in [-0.39, 0.29) is 18.1 Å². The topological polar surface area (TPSA) is 20.3 Å². The van der Waals surface area contributed by atoms with E-state index >= 15 is 0 Å². The van der Waals surface area contributed by atoms with Gasteiger partial charge in [-0.1, -0.05) is 61.2 Å². The van der Waals surface area contributed by atoms with Crippen molar-refractivity contribution >= 4 is 17.4 Å². The molecule has 0 aliphatic carbocycles. The molecule has 0 N–H and O–H groups in total. The van der Waals surface area contributed by atoms with Gasteiger partial charge in [-0.05, 0) is 59.9 Å². The molecule has 0 unspecified atom stereocenters. The summed E-state index contributed by atoms with van der Waals surface area (Å²) in [6, 6.07) is 20.9. The standard InChI is InChI=1S/C30H25F2NO/c1-20(23-9-8-10-24(17-23)26-11-4-6-13-28(26)31)18-33-19-21(2)25(15-16-34)30(22(33)3)27-12-5-7-14-29(27)32/h4-14,16-19H,3,15H2,1-2H3/b20-18+. The molecule has 3 aromatic carbocycles. The minimum atomic E-state index is -0.366. The van der Waals surface area contributed by atoms with Crippen LogP contribution in [0, 0.1) is 11.6 Å². The second-order valence-electron chi connectivity index (χ2n) is 8.24. The zero-order valence-electron chi connectivity index (χ0n) is 19.2. The molecular formula is C30H25F2NO. The quantitative estimate of drug-likeness (QED) is 0.355. The van der Waals surface area contributed by atoms with Gasteiger partial charge in [0.1, 0.15) is 17.9 Å². The van der Waals surface area contributed by atoms with Crippen molar-refractivity contribution in [1.29, 1.82) is 0 Å². The highest BCUT2D eigenvalue weighted by Crippen LogP contribution is 2.39. The predicted molar refractivity (Wildman–Crippen MR) is 134 cm³/mol. The third kappa shape index (κ3) is 4.53. The number of rotatable bonds is 6. The first-order valence-electron chi connectivity index (χ1n) is 11.0. The highest BCUT2D eigenvalue weighted by molar-refractivity contribution is 5.87. The van der Waals surface area contributed by atoms with Gasteiger partial charge in [-0.3, -0.25) is 0 Å². The van der Waals surface area contributed by atoms with Crippen molar-refractivity contribution < 1.29 is 13.6 Å². The summed E-state index contributed by atoms with van der Waals surface area (Å²) in [4.78, 5) is 13.2. The van der Waals surface area contributed by atoms with Gasteiger partial charge < -0.3 is 9.69 Å². The predicted octanol–water partition coefficient (Wildman–Crippen LogP) is 7.77. The van der Waals surface area contributed by atoms with Crippen molar-refractivity contribution in [3.8, 4) is 11.1 Å². The minimum Gasteiger partial charge on any atom is -0.323 e. The van der Waals surface area contributed by atoms with Crippen molar-refractivity contribution in [1.82, 2.24) is 4.90 Å². The molecule has 0 fully saturated rings. The summed E-state index contributed by atoms with van der Waals surface area (Å²) in [5.74, 6) is -0.637. The third-order valence-corrected chi connectivity index (χ3v) is 5.98. The van der Waals surface area contributed by atoms with Gasteiger partial charge >= 0.3 is 0 Å². The number of allylic oxidation sites excluding steroid dienone is 4. The summed E-state index contributed by atoms with van der Waals surface area (Å²) < 4.78 is 29.0. The molecule has 0 radical (unpaired) electrons. The monoisotopic (exact) mass is 453 g/mol. The molecule has 0 aromatic heterocycles. The van der Waals surface area contributed by atoms with E-state index in [1.165, 1.54) is 12.1 Å². The summed E-state index contributed by atoms with van der Waals surface area (Å²) in [6.07, 6.45) is 4.82. The zero-order valence-corrected chi connectivity index (χ0v) is 19.2. The van der Waals surface area contributed by atoms with Crippen molar-refractivity contribution in [2.45, 2.75) is 20.3 Å². The molecule has 0 atom stereocenters. The van der Waals surface area contributed by atoms with Gasteiger partial charge in [0, 0.05) is 41.2 Å². The lowest BCUT2D eigenvalue weighted by molar-refractivity contribution is -0.107. The molecule has 34 heavy (non-hydrogen) atoms. The second kappa shape index (κ2) is 9.84. The number of halogens is 2. The van der Waals surface area contributed by atoms with Crippen LogP contribution in [-0.2, 0) is 4.79 Å². The van der Waals surface area contributed by atoms with E-state index in [1.54, 1.807) is 30.3 Å². The lowest BCUT2D eigenvalue weighted by atomic mass is 9.88. The van der Waals surface area contributed by atoms with E-state index in [9.17, 15) is 13.6 Å². The fourth-order valence-electron chi connectivity index (χ4n) is 4.22. The van der Waals surface area contributed by atoms with Gasteiger partial charge in [-0.25, -0.2) is 8.78 Å². The highest BCUT2D eigenvalue weighted by Gasteiger charge is 2.24. The zero-order chi connectivity index (χ0) is 24.2. The first-order valence-corrected chi connectivity index (χ1v) is 11.0. The molecule has 1 aliphatic rings. The van der Waals surface area contributed by atoms with Crippen LogP contribution in [0.1, 0.15) is 31.4 Å². The Labute approximate surface area is 198 Å². The number of carbonyl (C=O) groups excluding carboxylic acids is 1. The number of aldehydes is 1. The summed E-state index contributed by atoms with van der Waals surface area (Å²) in [5.41, 5.74) is 6.41. The molecule has 1 heterocycles. The van der Waals surface area contributed by atoms with Gasteiger partial charge in [-0.15, -0.1) is 0 Å². The van der Waals surface area contributed by atoms with Crippen LogP contribution in [0.3, 0.4) is 0 Å². The summed E-state index contributed by atoms with van der Waals surface area (Å²) in [6.45, 7) is 8.10. The lowest BCUT2D eigenvalue weighted by Gasteiger charge is -2.30. The fourth-order valence-corrected chi connectivity index (χ4v) is 4.22. The van der Waals surface area contributed by atoms with E-state index in [2.05, 4.69) is 6.58 Å². The SMILES string of the molecule is C=C1C(c2ccccc2F)=C(CC=O)C(C)=CN1/C=C(\C)c1cccc(-c2ccccc2F)c1. The first kappa shape index (κ1) is 23.1. The Hall–Kier alpha value is -4.05. The number of benzene rings is 3. The van der Waals surface area contributed by atoms with Crippen LogP contribution in [0.15, 0.2) is 109 Å². The van der Waals surface area contributed by atoms with Gasteiger partial charge in [0.2, 0.25) is 0 Å². The first-order chi connectivity index (χ1) is 16.4. The van der Waals surface area contributed by atoms with Gasteiger partial charge in [-0.2, -0.15) is 0 Å². The van der Waals surface area contributed by atoms with E-state index in [0.717, 1.165) is 34.1 Å². The Morgan fingerprint density at radius 1 is 0.941 bits per heavy atom. The molecule has 2 nitrogen and oxygen atoms in total. The smallest absolute Gasteiger partial charge is 0.131 e. The van der Waals surface area contributed by atoms with Crippen LogP contribution in [0.25, 0.3) is 22.3 Å². The Morgan fingerprint density at radius 3 is 2.24 bits per heavy atom. The Kier molecular flexibility index (Phi) is 6.69. The van der Waals surface area contributed by atoms with Crippen molar-refractivity contribution in [3.05, 3.63) is 131 Å². The van der Waals surface area contributed by atoms with Crippen LogP contribution in [0.2, 0.25) is 0 Å². The molecule has 3 aromatic rings. The number of carbonyl (C=O) groups is 1. The molecule has 0 saturated carbocycles. The van der Waals surface area contributed by atoms with E-state index in [4.69, 9.17) is 0 Å². The van der Waals surface area contributed by atoms with E-state index in [0.29, 0.717) is 22.4 Å². The fraction of sp³-hybridized carbons (Fsp3) is 0.100. The molecule has 1 aliphatic heterocycles. The Balaban J connectivity index is 1.74. The van der Waals surface area contributed by atoms with E-state index < -0.39 is 0 Å². The average Bonchev–Trinajstić information content (AvgIpc) is 2.83. The molecule has 0 saturated heterocycles. The highest BCUT2D eigenvalue weighted by atomic mass is 19.1. The Bertz CT molecular complexity index is 1360. The molecular weight excluding hydrogens is 428 g/mol. The van der Waals surface area contributed by atoms with Crippen molar-refractivity contribution in [2.24, 2.45) is 0 Å². The third-order valence-electron chi connectivity index (χ3n) is 5.98. The largest absolute Gasteiger partial charge is 0.323 e. The van der Waals surface area contributed by atoms with Gasteiger partial charge in [0.25, 0.3) is 0 Å². The number of nitrogens with zero attached hydrogens (tertiary/aromatic N) is 1. The summed E-state index contributed by atoms with van der Waals surface area (Å²) in [7, 11) is 0. The summed E-state index contributed by atoms with van der Waals surface area (Å²) >= 11 is 0. The van der Waals surface area contributed by atoms with Crippen LogP contribution in [0.5, 0.6) is 0 Å². The van der Waals surface area contributed by atoms with Crippen LogP contribution < -0.4 is 0 Å². The van der Waals surface area contributed by atoms with Crippen LogP contribution in [-0.4, -0.2) is 11.2 Å². The maximum Gasteiger partial charge on any atom is 0.131 e. The average molecular weight is 454 g/mol. The molecule has 0 bridgehead atoms. The molecule has 170 valence electrons. The summed E-state index contributed by atoms with van der Waals surface area (Å²) in [5, 5.41) is 0.